The first kappa shape index (κ1) is 14.4. The van der Waals surface area contributed by atoms with Crippen molar-refractivity contribution in [3.05, 3.63) is 61.0 Å². The highest BCUT2D eigenvalue weighted by Gasteiger charge is 2.19. The number of aromatic nitrogens is 3. The zero-order valence-corrected chi connectivity index (χ0v) is 11.2. The van der Waals surface area contributed by atoms with Gasteiger partial charge in [-0.3, -0.25) is 19.5 Å². The van der Waals surface area contributed by atoms with E-state index < -0.39 is 21.9 Å². The maximum Gasteiger partial charge on any atom is 0.350 e. The lowest BCUT2D eigenvalue weighted by Crippen LogP contribution is -2.40. The molecule has 0 fully saturated rings. The molecule has 0 aromatic carbocycles. The molecule has 0 saturated carbocycles. The lowest BCUT2D eigenvalue weighted by Gasteiger charge is -2.08. The lowest BCUT2D eigenvalue weighted by atomic mass is 10.3. The fraction of sp³-hybridized carbons (Fsp3) is 0.250. The summed E-state index contributed by atoms with van der Waals surface area (Å²) in [5, 5.41) is 10.9. The molecule has 0 unspecified atom stereocenters. The average molecular weight is 291 g/mol. The molecule has 0 saturated heterocycles. The van der Waals surface area contributed by atoms with E-state index in [-0.39, 0.29) is 13.1 Å². The molecule has 2 rings (SSSR count). The quantitative estimate of drug-likeness (QED) is 0.622. The molecule has 0 aliphatic rings. The summed E-state index contributed by atoms with van der Waals surface area (Å²) in [6.07, 6.45) is 2.37. The SMILES string of the molecule is CCn1cc([N+](=O)[O-])c(=O)n(Cc2ccc(N)nc2)c1=O. The number of pyridine rings is 1. The number of anilines is 1. The van der Waals surface area contributed by atoms with Crippen molar-refractivity contribution < 1.29 is 4.92 Å². The van der Waals surface area contributed by atoms with E-state index in [1.807, 2.05) is 0 Å². The van der Waals surface area contributed by atoms with Gasteiger partial charge in [-0.15, -0.1) is 0 Å². The van der Waals surface area contributed by atoms with Crippen molar-refractivity contribution in [3.8, 4) is 0 Å². The first-order valence-electron chi connectivity index (χ1n) is 6.13. The van der Waals surface area contributed by atoms with Crippen molar-refractivity contribution in [3.63, 3.8) is 0 Å². The molecule has 0 atom stereocenters. The molecule has 2 N–H and O–H groups in total. The molecule has 2 aromatic heterocycles. The van der Waals surface area contributed by atoms with Crippen LogP contribution in [0.4, 0.5) is 11.5 Å². The van der Waals surface area contributed by atoms with Crippen molar-refractivity contribution in [2.45, 2.75) is 20.0 Å². The molecule has 110 valence electrons. The number of hydrogen-bond donors (Lipinski definition) is 1. The van der Waals surface area contributed by atoms with E-state index in [4.69, 9.17) is 5.73 Å². The van der Waals surface area contributed by atoms with Gasteiger partial charge in [0.15, 0.2) is 0 Å². The molecule has 2 aromatic rings. The number of hydrogen-bond acceptors (Lipinski definition) is 6. The number of nitrogens with zero attached hydrogens (tertiary/aromatic N) is 4. The Morgan fingerprint density at radius 3 is 2.62 bits per heavy atom. The van der Waals surface area contributed by atoms with E-state index in [0.29, 0.717) is 11.4 Å². The number of nitro groups is 1. The minimum Gasteiger partial charge on any atom is -0.384 e. The van der Waals surface area contributed by atoms with Crippen molar-refractivity contribution >= 4 is 11.5 Å². The van der Waals surface area contributed by atoms with Gasteiger partial charge in [0, 0.05) is 12.7 Å². The summed E-state index contributed by atoms with van der Waals surface area (Å²) >= 11 is 0. The molecule has 9 nitrogen and oxygen atoms in total. The standard InChI is InChI=1S/C12H13N5O4/c1-2-15-7-9(17(20)21)11(18)16(12(15)19)6-8-3-4-10(13)14-5-8/h3-5,7H,2,6H2,1H3,(H2,13,14). The Hall–Kier alpha value is -2.97. The summed E-state index contributed by atoms with van der Waals surface area (Å²) < 4.78 is 1.93. The minimum absolute atomic E-state index is 0.105. The van der Waals surface area contributed by atoms with Crippen LogP contribution in [0, 0.1) is 10.1 Å². The maximum atomic E-state index is 12.1. The van der Waals surface area contributed by atoms with E-state index in [2.05, 4.69) is 4.98 Å². The van der Waals surface area contributed by atoms with Crippen molar-refractivity contribution in [2.75, 3.05) is 5.73 Å². The van der Waals surface area contributed by atoms with Crippen LogP contribution in [-0.2, 0) is 13.1 Å². The molecule has 0 amide bonds. The molecule has 0 aliphatic carbocycles. The summed E-state index contributed by atoms with van der Waals surface area (Å²) in [4.78, 5) is 38.1. The van der Waals surface area contributed by atoms with Gasteiger partial charge in [-0.1, -0.05) is 6.07 Å². The Kier molecular flexibility index (Phi) is 3.83. The number of nitrogens with two attached hydrogens (primary N) is 1. The van der Waals surface area contributed by atoms with Gasteiger partial charge in [-0.25, -0.2) is 14.3 Å². The number of nitrogen functional groups attached to an aromatic ring is 1. The molecular formula is C12H13N5O4. The first-order valence-corrected chi connectivity index (χ1v) is 6.13. The Bertz CT molecular complexity index is 791. The van der Waals surface area contributed by atoms with Gasteiger partial charge < -0.3 is 5.73 Å². The zero-order chi connectivity index (χ0) is 15.6. The number of rotatable bonds is 4. The van der Waals surface area contributed by atoms with Gasteiger partial charge in [-0.05, 0) is 18.6 Å². The normalized spacial score (nSPS) is 10.5. The summed E-state index contributed by atoms with van der Waals surface area (Å²) in [6.45, 7) is 1.78. The largest absolute Gasteiger partial charge is 0.384 e. The molecule has 0 bridgehead atoms. The van der Waals surface area contributed by atoms with E-state index >= 15 is 0 Å². The molecule has 0 spiro atoms. The summed E-state index contributed by atoms with van der Waals surface area (Å²) in [7, 11) is 0. The summed E-state index contributed by atoms with van der Waals surface area (Å²) in [6, 6.07) is 3.12. The van der Waals surface area contributed by atoms with Crippen LogP contribution in [0.25, 0.3) is 0 Å². The molecule has 0 radical (unpaired) electrons. The number of aryl methyl sites for hydroxylation is 1. The monoisotopic (exact) mass is 291 g/mol. The topological polar surface area (TPSA) is 126 Å². The van der Waals surface area contributed by atoms with Gasteiger partial charge in [0.05, 0.1) is 17.7 Å². The van der Waals surface area contributed by atoms with Crippen LogP contribution in [0.2, 0.25) is 0 Å². The summed E-state index contributed by atoms with van der Waals surface area (Å²) in [5.74, 6) is 0.302. The van der Waals surface area contributed by atoms with Crippen LogP contribution in [-0.4, -0.2) is 19.0 Å². The predicted molar refractivity (Wildman–Crippen MR) is 75.0 cm³/mol. The van der Waals surface area contributed by atoms with Crippen molar-refractivity contribution in [1.29, 1.82) is 0 Å². The Morgan fingerprint density at radius 2 is 2.10 bits per heavy atom. The molecular weight excluding hydrogens is 278 g/mol. The fourth-order valence-electron chi connectivity index (χ4n) is 1.84. The third-order valence-electron chi connectivity index (χ3n) is 2.94. The highest BCUT2D eigenvalue weighted by atomic mass is 16.6. The summed E-state index contributed by atoms with van der Waals surface area (Å²) in [5.41, 5.74) is 3.82. The van der Waals surface area contributed by atoms with E-state index in [1.165, 1.54) is 12.3 Å². The third kappa shape index (κ3) is 2.81. The smallest absolute Gasteiger partial charge is 0.350 e. The Labute approximate surface area is 118 Å². The Morgan fingerprint density at radius 1 is 1.38 bits per heavy atom. The van der Waals surface area contributed by atoms with Crippen LogP contribution in [0.15, 0.2) is 34.1 Å². The third-order valence-corrected chi connectivity index (χ3v) is 2.94. The van der Waals surface area contributed by atoms with Crippen LogP contribution >= 0.6 is 0 Å². The van der Waals surface area contributed by atoms with E-state index in [0.717, 1.165) is 15.3 Å². The van der Waals surface area contributed by atoms with Crippen molar-refractivity contribution in [2.24, 2.45) is 0 Å². The first-order chi connectivity index (χ1) is 9.93. The average Bonchev–Trinajstić information content (AvgIpc) is 2.45. The van der Waals surface area contributed by atoms with Gasteiger partial charge in [0.2, 0.25) is 0 Å². The minimum atomic E-state index is -0.938. The van der Waals surface area contributed by atoms with Gasteiger partial charge >= 0.3 is 16.9 Å². The van der Waals surface area contributed by atoms with Crippen molar-refractivity contribution in [1.82, 2.24) is 14.1 Å². The second-order valence-electron chi connectivity index (χ2n) is 4.32. The second-order valence-corrected chi connectivity index (χ2v) is 4.32. The highest BCUT2D eigenvalue weighted by molar-refractivity contribution is 5.29. The second kappa shape index (κ2) is 5.57. The molecule has 0 aliphatic heterocycles. The van der Waals surface area contributed by atoms with Crippen LogP contribution < -0.4 is 17.0 Å². The highest BCUT2D eigenvalue weighted by Crippen LogP contribution is 2.04. The molecule has 2 heterocycles. The van der Waals surface area contributed by atoms with Crippen LogP contribution in [0.3, 0.4) is 0 Å². The maximum absolute atomic E-state index is 12.1. The zero-order valence-electron chi connectivity index (χ0n) is 11.2. The van der Waals surface area contributed by atoms with Gasteiger partial charge in [0.1, 0.15) is 5.82 Å². The lowest BCUT2D eigenvalue weighted by molar-refractivity contribution is -0.387. The predicted octanol–water partition coefficient (Wildman–Crippen LogP) is -0.0364. The molecule has 9 heteroatoms. The molecule has 21 heavy (non-hydrogen) atoms. The fourth-order valence-corrected chi connectivity index (χ4v) is 1.84. The van der Waals surface area contributed by atoms with Gasteiger partial charge in [-0.2, -0.15) is 0 Å². The van der Waals surface area contributed by atoms with Gasteiger partial charge in [0.25, 0.3) is 0 Å². The van der Waals surface area contributed by atoms with Crippen LogP contribution in [0.5, 0.6) is 0 Å². The van der Waals surface area contributed by atoms with E-state index in [9.17, 15) is 19.7 Å². The van der Waals surface area contributed by atoms with E-state index in [1.54, 1.807) is 13.0 Å². The van der Waals surface area contributed by atoms with Crippen LogP contribution in [0.1, 0.15) is 12.5 Å². The Balaban J connectivity index is 2.59.